The van der Waals surface area contributed by atoms with Gasteiger partial charge in [-0.2, -0.15) is 0 Å². The Balaban J connectivity index is 4.37. The van der Waals surface area contributed by atoms with Crippen LogP contribution < -0.4 is 0 Å². The molecule has 0 spiro atoms. The van der Waals surface area contributed by atoms with E-state index in [4.69, 9.17) is 0 Å². The predicted molar refractivity (Wildman–Crippen MR) is 49.3 cm³/mol. The zero-order valence-corrected chi connectivity index (χ0v) is 7.30. The molecule has 0 aliphatic rings. The molecule has 0 heterocycles. The highest BCUT2D eigenvalue weighted by molar-refractivity contribution is 5.15. The van der Waals surface area contributed by atoms with Crippen molar-refractivity contribution in [2.45, 2.75) is 20.0 Å². The van der Waals surface area contributed by atoms with Gasteiger partial charge < -0.3 is 5.11 Å². The minimum absolute atomic E-state index is 0.0625. The quantitative estimate of drug-likeness (QED) is 0.613. The van der Waals surface area contributed by atoms with E-state index in [9.17, 15) is 5.11 Å². The van der Waals surface area contributed by atoms with E-state index < -0.39 is 6.10 Å². The van der Waals surface area contributed by atoms with Crippen molar-refractivity contribution in [1.82, 2.24) is 0 Å². The fraction of sp³-hybridized carbons (Fsp3) is 0.400. The van der Waals surface area contributed by atoms with E-state index in [-0.39, 0.29) is 5.92 Å². The van der Waals surface area contributed by atoms with Gasteiger partial charge in [0.05, 0.1) is 6.10 Å². The fourth-order valence-electron chi connectivity index (χ4n) is 0.906. The molecule has 1 nitrogen and oxygen atoms in total. The first-order valence-electron chi connectivity index (χ1n) is 3.62. The molecule has 0 aromatic heterocycles. The average Bonchev–Trinajstić information content (AvgIpc) is 1.88. The van der Waals surface area contributed by atoms with Crippen molar-refractivity contribution >= 4 is 0 Å². The van der Waals surface area contributed by atoms with E-state index in [0.29, 0.717) is 0 Å². The molecule has 0 aliphatic carbocycles. The summed E-state index contributed by atoms with van der Waals surface area (Å²) in [7, 11) is 0. The van der Waals surface area contributed by atoms with Crippen LogP contribution >= 0.6 is 0 Å². The molecule has 11 heavy (non-hydrogen) atoms. The molecule has 0 rings (SSSR count). The van der Waals surface area contributed by atoms with Crippen molar-refractivity contribution < 1.29 is 5.11 Å². The van der Waals surface area contributed by atoms with Gasteiger partial charge >= 0.3 is 0 Å². The van der Waals surface area contributed by atoms with Crippen LogP contribution in [0.5, 0.6) is 0 Å². The molecule has 1 unspecified atom stereocenters. The summed E-state index contributed by atoms with van der Waals surface area (Å²) in [5, 5.41) is 9.52. The lowest BCUT2D eigenvalue weighted by molar-refractivity contribution is 0.181. The van der Waals surface area contributed by atoms with Crippen molar-refractivity contribution in [2.75, 3.05) is 0 Å². The minimum Gasteiger partial charge on any atom is -0.388 e. The fourth-order valence-corrected chi connectivity index (χ4v) is 0.906. The van der Waals surface area contributed by atoms with Crippen LogP contribution in [0.4, 0.5) is 0 Å². The molecule has 0 aromatic rings. The Hall–Kier alpha value is -0.820. The van der Waals surface area contributed by atoms with Gasteiger partial charge in [0.25, 0.3) is 0 Å². The second-order valence-electron chi connectivity index (χ2n) is 2.90. The first kappa shape index (κ1) is 10.2. The van der Waals surface area contributed by atoms with Crippen LogP contribution in [0.25, 0.3) is 0 Å². The van der Waals surface area contributed by atoms with Crippen LogP contribution in [0.15, 0.2) is 37.0 Å². The van der Waals surface area contributed by atoms with Crippen LogP contribution in [-0.2, 0) is 0 Å². The molecule has 0 saturated carbocycles. The largest absolute Gasteiger partial charge is 0.388 e. The highest BCUT2D eigenvalue weighted by atomic mass is 16.3. The van der Waals surface area contributed by atoms with E-state index in [2.05, 4.69) is 19.7 Å². The lowest BCUT2D eigenvalue weighted by atomic mass is 9.92. The first-order chi connectivity index (χ1) is 5.00. The van der Waals surface area contributed by atoms with Gasteiger partial charge in [-0.3, -0.25) is 0 Å². The van der Waals surface area contributed by atoms with Crippen LogP contribution in [0, 0.1) is 5.92 Å². The predicted octanol–water partition coefficient (Wildman–Crippen LogP) is 2.30. The van der Waals surface area contributed by atoms with Crippen molar-refractivity contribution in [2.24, 2.45) is 5.92 Å². The van der Waals surface area contributed by atoms with E-state index in [1.165, 1.54) is 0 Å². The Morgan fingerprint density at radius 3 is 1.82 bits per heavy atom. The van der Waals surface area contributed by atoms with Crippen molar-refractivity contribution in [1.29, 1.82) is 0 Å². The second kappa shape index (κ2) is 4.14. The number of hydrogen-bond acceptors (Lipinski definition) is 1. The number of hydrogen-bond donors (Lipinski definition) is 1. The van der Waals surface area contributed by atoms with Crippen LogP contribution in [0.1, 0.15) is 13.8 Å². The third kappa shape index (κ3) is 2.72. The standard InChI is InChI=1S/C10H16O/c1-6-9(7(2)3)10(11)8(4)5/h6,9-11H,1-2,4H2,3,5H3/t9?,10-/m1/s1. The Labute approximate surface area is 68.7 Å². The molecule has 2 atom stereocenters. The summed E-state index contributed by atoms with van der Waals surface area (Å²) < 4.78 is 0. The molecule has 0 radical (unpaired) electrons. The van der Waals surface area contributed by atoms with Crippen molar-refractivity contribution in [3.63, 3.8) is 0 Å². The molecule has 62 valence electrons. The highest BCUT2D eigenvalue weighted by Crippen LogP contribution is 2.18. The molecule has 0 aromatic carbocycles. The van der Waals surface area contributed by atoms with E-state index in [0.717, 1.165) is 11.1 Å². The summed E-state index contributed by atoms with van der Waals surface area (Å²) >= 11 is 0. The van der Waals surface area contributed by atoms with Gasteiger partial charge in [0, 0.05) is 5.92 Å². The van der Waals surface area contributed by atoms with E-state index >= 15 is 0 Å². The van der Waals surface area contributed by atoms with E-state index in [1.807, 2.05) is 6.92 Å². The van der Waals surface area contributed by atoms with Crippen molar-refractivity contribution in [3.8, 4) is 0 Å². The topological polar surface area (TPSA) is 20.2 Å². The maximum Gasteiger partial charge on any atom is 0.0844 e. The molecule has 0 saturated heterocycles. The Morgan fingerprint density at radius 2 is 1.73 bits per heavy atom. The summed E-state index contributed by atoms with van der Waals surface area (Å²) in [6.45, 7) is 14.7. The SMILES string of the molecule is C=CC(C(=C)C)[C@H](O)C(=C)C. The van der Waals surface area contributed by atoms with Gasteiger partial charge in [0.15, 0.2) is 0 Å². The molecule has 0 aliphatic heterocycles. The maximum absolute atomic E-state index is 9.52. The minimum atomic E-state index is -0.537. The van der Waals surface area contributed by atoms with Gasteiger partial charge in [-0.15, -0.1) is 6.58 Å². The maximum atomic E-state index is 9.52. The molecular weight excluding hydrogens is 136 g/mol. The summed E-state index contributed by atoms with van der Waals surface area (Å²) in [6, 6.07) is 0. The van der Waals surface area contributed by atoms with Gasteiger partial charge in [-0.1, -0.05) is 30.4 Å². The third-order valence-corrected chi connectivity index (χ3v) is 1.67. The second-order valence-corrected chi connectivity index (χ2v) is 2.90. The monoisotopic (exact) mass is 152 g/mol. The summed E-state index contributed by atoms with van der Waals surface area (Å²) in [6.07, 6.45) is 1.16. The number of rotatable bonds is 4. The summed E-state index contributed by atoms with van der Waals surface area (Å²) in [5.74, 6) is -0.0625. The van der Waals surface area contributed by atoms with Gasteiger partial charge in [-0.25, -0.2) is 0 Å². The summed E-state index contributed by atoms with van der Waals surface area (Å²) in [4.78, 5) is 0. The average molecular weight is 152 g/mol. The van der Waals surface area contributed by atoms with Crippen molar-refractivity contribution in [3.05, 3.63) is 37.0 Å². The van der Waals surface area contributed by atoms with Gasteiger partial charge in [0.2, 0.25) is 0 Å². The number of aliphatic hydroxyl groups is 1. The van der Waals surface area contributed by atoms with Crippen LogP contribution in [0.2, 0.25) is 0 Å². The molecule has 0 bridgehead atoms. The number of aliphatic hydroxyl groups excluding tert-OH is 1. The van der Waals surface area contributed by atoms with Gasteiger partial charge in [0.1, 0.15) is 0 Å². The smallest absolute Gasteiger partial charge is 0.0844 e. The highest BCUT2D eigenvalue weighted by Gasteiger charge is 2.16. The van der Waals surface area contributed by atoms with Crippen LogP contribution in [-0.4, -0.2) is 11.2 Å². The van der Waals surface area contributed by atoms with Crippen LogP contribution in [0.3, 0.4) is 0 Å². The molecule has 1 N–H and O–H groups in total. The van der Waals surface area contributed by atoms with Gasteiger partial charge in [-0.05, 0) is 13.8 Å². The molecule has 0 amide bonds. The Kier molecular flexibility index (Phi) is 3.83. The zero-order chi connectivity index (χ0) is 9.02. The zero-order valence-electron chi connectivity index (χ0n) is 7.30. The molecule has 1 heteroatoms. The van der Waals surface area contributed by atoms with E-state index in [1.54, 1.807) is 13.0 Å². The molecular formula is C10H16O. The normalized spacial score (nSPS) is 15.2. The lowest BCUT2D eigenvalue weighted by Gasteiger charge is -2.19. The first-order valence-corrected chi connectivity index (χ1v) is 3.62. The lowest BCUT2D eigenvalue weighted by Crippen LogP contribution is -2.19. The summed E-state index contributed by atoms with van der Waals surface area (Å²) in [5.41, 5.74) is 1.66. The Bertz CT molecular complexity index is 179. The molecule has 0 fully saturated rings. The Morgan fingerprint density at radius 1 is 1.27 bits per heavy atom. The third-order valence-electron chi connectivity index (χ3n) is 1.67.